The average Bonchev–Trinajstić information content (AvgIpc) is 3.18. The molecule has 49 heavy (non-hydrogen) atoms. The van der Waals surface area contributed by atoms with Gasteiger partial charge < -0.3 is 0 Å². The Morgan fingerprint density at radius 2 is 0.612 bits per heavy atom. The summed E-state index contributed by atoms with van der Waals surface area (Å²) in [7, 11) is 0. The highest BCUT2D eigenvalue weighted by Gasteiger charge is 2.67. The molecule has 2 heterocycles. The van der Waals surface area contributed by atoms with Crippen molar-refractivity contribution in [3.63, 3.8) is 0 Å². The molecule has 2 aromatic heterocycles. The van der Waals surface area contributed by atoms with E-state index in [2.05, 4.69) is 24.3 Å². The third-order valence-corrected chi connectivity index (χ3v) is 10.9. The van der Waals surface area contributed by atoms with Crippen LogP contribution in [0.25, 0.3) is 68.3 Å². The fourth-order valence-electron chi connectivity index (χ4n) is 8.40. The zero-order chi connectivity index (χ0) is 32.3. The molecule has 0 spiro atoms. The summed E-state index contributed by atoms with van der Waals surface area (Å²) in [6, 6.07) is 47.3. The number of aromatic nitrogens is 6. The van der Waals surface area contributed by atoms with E-state index < -0.39 is 0 Å². The maximum absolute atomic E-state index is 5.02. The number of hydrogen-bond acceptors (Lipinski definition) is 6. The van der Waals surface area contributed by atoms with Crippen LogP contribution in [0.2, 0.25) is 0 Å². The van der Waals surface area contributed by atoms with Gasteiger partial charge in [-0.15, -0.1) is 0 Å². The van der Waals surface area contributed by atoms with E-state index in [0.717, 1.165) is 63.0 Å². The summed E-state index contributed by atoms with van der Waals surface area (Å²) < 4.78 is 0. The van der Waals surface area contributed by atoms with Gasteiger partial charge in [0.25, 0.3) is 0 Å². The molecule has 6 heteroatoms. The van der Waals surface area contributed by atoms with Crippen LogP contribution in [0, 0.1) is 23.7 Å². The minimum atomic E-state index is 0.609. The molecule has 2 unspecified atom stereocenters. The minimum absolute atomic E-state index is 0.609. The van der Waals surface area contributed by atoms with Gasteiger partial charge in [-0.1, -0.05) is 140 Å². The van der Waals surface area contributed by atoms with Crippen molar-refractivity contribution in [2.24, 2.45) is 23.7 Å². The normalized spacial score (nSPS) is 21.5. The van der Waals surface area contributed by atoms with E-state index in [4.69, 9.17) is 29.9 Å². The lowest BCUT2D eigenvalue weighted by Gasteiger charge is -2.73. The smallest absolute Gasteiger partial charge is 0.164 e. The molecule has 0 N–H and O–H groups in total. The number of benzene rings is 5. The van der Waals surface area contributed by atoms with Crippen LogP contribution >= 0.6 is 0 Å². The van der Waals surface area contributed by atoms with E-state index in [0.29, 0.717) is 34.9 Å². The monoisotopic (exact) mass is 632 g/mol. The summed E-state index contributed by atoms with van der Waals surface area (Å²) in [5, 5.41) is 0. The molecule has 6 nitrogen and oxygen atoms in total. The second-order valence-electron chi connectivity index (χ2n) is 13.6. The molecule has 7 aromatic rings. The molecule has 234 valence electrons. The number of rotatable bonds is 7. The first-order chi connectivity index (χ1) is 24.2. The van der Waals surface area contributed by atoms with E-state index in [1.54, 1.807) is 0 Å². The number of hydrogen-bond donors (Lipinski definition) is 0. The largest absolute Gasteiger partial charge is 0.208 e. The molecule has 0 aliphatic heterocycles. The third kappa shape index (κ3) is 4.86. The standard InChI is InChI=1S/C43H32N6/c1-4-10-27(11-5-1)38-44-39(28-12-6-2-7-13-28)46-42(45-38)31-20-22-32(23-21-31)43-48-40(29-14-8-3-9-15-29)47-41(49-43)30-18-16-26(17-19-30)36-34-24-33-25-35(36)37(33)34/h1-23,33-37H,24-25H2. The van der Waals surface area contributed by atoms with Crippen LogP contribution in [0.3, 0.4) is 0 Å². The second-order valence-corrected chi connectivity index (χ2v) is 13.6. The second kappa shape index (κ2) is 11.4. The number of nitrogens with zero attached hydrogens (tertiary/aromatic N) is 6. The summed E-state index contributed by atoms with van der Waals surface area (Å²) in [4.78, 5) is 29.6. The van der Waals surface area contributed by atoms with Crippen molar-refractivity contribution in [1.29, 1.82) is 0 Å². The zero-order valence-corrected chi connectivity index (χ0v) is 26.8. The Morgan fingerprint density at radius 3 is 0.898 bits per heavy atom. The maximum Gasteiger partial charge on any atom is 0.164 e. The Morgan fingerprint density at radius 1 is 0.327 bits per heavy atom. The van der Waals surface area contributed by atoms with Crippen molar-refractivity contribution < 1.29 is 0 Å². The topological polar surface area (TPSA) is 77.3 Å². The first-order valence-corrected chi connectivity index (χ1v) is 17.1. The van der Waals surface area contributed by atoms with Gasteiger partial charge in [0.2, 0.25) is 0 Å². The van der Waals surface area contributed by atoms with Gasteiger partial charge in [0.05, 0.1) is 0 Å². The quantitative estimate of drug-likeness (QED) is 0.174. The van der Waals surface area contributed by atoms with Crippen molar-refractivity contribution in [3.8, 4) is 68.3 Å². The molecule has 0 bridgehead atoms. The molecule has 3 fully saturated rings. The van der Waals surface area contributed by atoms with Crippen LogP contribution in [-0.4, -0.2) is 29.9 Å². The fraction of sp³-hybridized carbons (Fsp3) is 0.163. The molecule has 10 rings (SSSR count). The lowest BCUT2D eigenvalue weighted by atomic mass is 9.31. The highest BCUT2D eigenvalue weighted by Crippen LogP contribution is 2.75. The summed E-state index contributed by atoms with van der Waals surface area (Å²) in [5.41, 5.74) is 7.10. The van der Waals surface area contributed by atoms with E-state index in [1.807, 2.05) is 115 Å². The van der Waals surface area contributed by atoms with Crippen LogP contribution in [0.1, 0.15) is 24.3 Å². The molecule has 2 atom stereocenters. The van der Waals surface area contributed by atoms with Gasteiger partial charge in [0, 0.05) is 33.4 Å². The van der Waals surface area contributed by atoms with Crippen molar-refractivity contribution in [1.82, 2.24) is 29.9 Å². The Balaban J connectivity index is 1.01. The van der Waals surface area contributed by atoms with Gasteiger partial charge >= 0.3 is 0 Å². The van der Waals surface area contributed by atoms with E-state index in [-0.39, 0.29) is 0 Å². The van der Waals surface area contributed by atoms with Crippen LogP contribution in [0.5, 0.6) is 0 Å². The van der Waals surface area contributed by atoms with Gasteiger partial charge in [-0.05, 0) is 48.0 Å². The Labute approximate surface area is 285 Å². The summed E-state index contributed by atoms with van der Waals surface area (Å²) in [5.74, 6) is 8.48. The predicted molar refractivity (Wildman–Crippen MR) is 192 cm³/mol. The molecule has 3 aliphatic carbocycles. The summed E-state index contributed by atoms with van der Waals surface area (Å²) in [6.45, 7) is 0. The molecule has 5 aromatic carbocycles. The molecule has 0 amide bonds. The van der Waals surface area contributed by atoms with Crippen LogP contribution in [0.15, 0.2) is 140 Å². The molecule has 3 saturated carbocycles. The minimum Gasteiger partial charge on any atom is -0.208 e. The Bertz CT molecular complexity index is 2220. The molecular weight excluding hydrogens is 601 g/mol. The highest BCUT2D eigenvalue weighted by molar-refractivity contribution is 5.70. The highest BCUT2D eigenvalue weighted by atomic mass is 15.0. The summed E-state index contributed by atoms with van der Waals surface area (Å²) >= 11 is 0. The van der Waals surface area contributed by atoms with Crippen molar-refractivity contribution in [2.45, 2.75) is 18.8 Å². The van der Waals surface area contributed by atoms with Gasteiger partial charge in [0.15, 0.2) is 34.9 Å². The van der Waals surface area contributed by atoms with Crippen molar-refractivity contribution in [2.75, 3.05) is 0 Å². The lowest BCUT2D eigenvalue weighted by Crippen LogP contribution is -2.65. The fourth-order valence-corrected chi connectivity index (χ4v) is 8.40. The first kappa shape index (κ1) is 28.2. The third-order valence-electron chi connectivity index (χ3n) is 10.9. The predicted octanol–water partition coefficient (Wildman–Crippen LogP) is 9.43. The molecule has 3 aliphatic rings. The van der Waals surface area contributed by atoms with Gasteiger partial charge in [-0.3, -0.25) is 0 Å². The first-order valence-electron chi connectivity index (χ1n) is 17.1. The molecule has 0 saturated heterocycles. The Kier molecular flexibility index (Phi) is 6.54. The Hall–Kier alpha value is -5.88. The van der Waals surface area contributed by atoms with E-state index in [1.165, 1.54) is 18.4 Å². The maximum atomic E-state index is 5.02. The van der Waals surface area contributed by atoms with Crippen LogP contribution in [-0.2, 0) is 0 Å². The van der Waals surface area contributed by atoms with Crippen LogP contribution in [0.4, 0.5) is 0 Å². The lowest BCUT2D eigenvalue weighted by molar-refractivity contribution is -0.214. The van der Waals surface area contributed by atoms with E-state index >= 15 is 0 Å². The van der Waals surface area contributed by atoms with Crippen molar-refractivity contribution >= 4 is 0 Å². The zero-order valence-electron chi connectivity index (χ0n) is 26.8. The van der Waals surface area contributed by atoms with Gasteiger partial charge in [-0.25, -0.2) is 29.9 Å². The molecule has 0 radical (unpaired) electrons. The van der Waals surface area contributed by atoms with Gasteiger partial charge in [-0.2, -0.15) is 0 Å². The van der Waals surface area contributed by atoms with Gasteiger partial charge in [0.1, 0.15) is 0 Å². The van der Waals surface area contributed by atoms with E-state index in [9.17, 15) is 0 Å². The van der Waals surface area contributed by atoms with Crippen LogP contribution < -0.4 is 0 Å². The summed E-state index contributed by atoms with van der Waals surface area (Å²) in [6.07, 6.45) is 2.86. The average molecular weight is 633 g/mol. The van der Waals surface area contributed by atoms with Crippen molar-refractivity contribution in [3.05, 3.63) is 145 Å². The SMILES string of the molecule is c1ccc(-c2nc(-c3ccccc3)nc(-c3ccc(-c4nc(-c5ccccc5)nc(-c5ccc(C6C7CC8CC6C87)cc5)n4)cc3)n2)cc1. The molecular formula is C43H32N6.